The maximum Gasteiger partial charge on any atom is 0.219 e. The Hall–Kier alpha value is -4.06. The highest BCUT2D eigenvalue weighted by Crippen LogP contribution is 2.28. The summed E-state index contributed by atoms with van der Waals surface area (Å²) in [4.78, 5) is 9.50. The van der Waals surface area contributed by atoms with E-state index < -0.39 is 0 Å². The lowest BCUT2D eigenvalue weighted by Gasteiger charge is -2.07. The van der Waals surface area contributed by atoms with Crippen LogP contribution in [-0.4, -0.2) is 24.6 Å². The van der Waals surface area contributed by atoms with Gasteiger partial charge in [0.05, 0.1) is 12.0 Å². The third-order valence-corrected chi connectivity index (χ3v) is 5.02. The largest absolute Gasteiger partial charge is 0.508 e. The standard InChI is InChI=1S/C24H19N3O3/c28-18-10-8-17(9-11-18)14-20-24(29)27-15-21(22-7-4-12-30-22)25-19(23(27)26-20)13-16-5-2-1-3-6-16/h1-12,15,28-29H,13-14H2. The molecule has 5 rings (SSSR count). The summed E-state index contributed by atoms with van der Waals surface area (Å²) in [5.74, 6) is 0.900. The molecule has 3 heterocycles. The monoisotopic (exact) mass is 397 g/mol. The van der Waals surface area contributed by atoms with Gasteiger partial charge in [-0.15, -0.1) is 0 Å². The molecule has 6 heteroatoms. The van der Waals surface area contributed by atoms with Crippen LogP contribution in [0.5, 0.6) is 11.6 Å². The van der Waals surface area contributed by atoms with Crippen molar-refractivity contribution in [2.75, 3.05) is 0 Å². The zero-order valence-electron chi connectivity index (χ0n) is 16.1. The van der Waals surface area contributed by atoms with Crippen LogP contribution in [0.2, 0.25) is 0 Å². The highest BCUT2D eigenvalue weighted by atomic mass is 16.3. The van der Waals surface area contributed by atoms with Crippen LogP contribution in [-0.2, 0) is 12.8 Å². The Bertz CT molecular complexity index is 1290. The molecule has 0 unspecified atom stereocenters. The summed E-state index contributed by atoms with van der Waals surface area (Å²) in [6.07, 6.45) is 4.36. The molecule has 2 N–H and O–H groups in total. The second-order valence-electron chi connectivity index (χ2n) is 7.13. The Morgan fingerprint density at radius 1 is 0.767 bits per heavy atom. The highest BCUT2D eigenvalue weighted by Gasteiger charge is 2.18. The van der Waals surface area contributed by atoms with Gasteiger partial charge in [-0.25, -0.2) is 9.97 Å². The fraction of sp³-hybridized carbons (Fsp3) is 0.0833. The van der Waals surface area contributed by atoms with Gasteiger partial charge in [0.2, 0.25) is 5.88 Å². The zero-order valence-corrected chi connectivity index (χ0v) is 16.1. The summed E-state index contributed by atoms with van der Waals surface area (Å²) in [6, 6.07) is 20.6. The Balaban J connectivity index is 1.63. The molecule has 0 bridgehead atoms. The van der Waals surface area contributed by atoms with Crippen molar-refractivity contribution in [2.45, 2.75) is 12.8 Å². The van der Waals surface area contributed by atoms with E-state index in [9.17, 15) is 10.2 Å². The maximum atomic E-state index is 10.9. The van der Waals surface area contributed by atoms with Crippen LogP contribution >= 0.6 is 0 Å². The number of hydrogen-bond acceptors (Lipinski definition) is 5. The molecular formula is C24H19N3O3. The molecule has 0 fully saturated rings. The van der Waals surface area contributed by atoms with E-state index in [1.165, 1.54) is 0 Å². The van der Waals surface area contributed by atoms with Gasteiger partial charge in [0.1, 0.15) is 17.1 Å². The van der Waals surface area contributed by atoms with Gasteiger partial charge in [-0.05, 0) is 35.4 Å². The van der Waals surface area contributed by atoms with E-state index in [1.807, 2.05) is 54.6 Å². The van der Waals surface area contributed by atoms with E-state index in [0.29, 0.717) is 35.6 Å². The first-order valence-electron chi connectivity index (χ1n) is 9.63. The number of furan rings is 1. The quantitative estimate of drug-likeness (QED) is 0.453. The van der Waals surface area contributed by atoms with Gasteiger partial charge in [0.25, 0.3) is 0 Å². The average molecular weight is 397 g/mol. The van der Waals surface area contributed by atoms with Crippen molar-refractivity contribution in [1.82, 2.24) is 14.4 Å². The van der Waals surface area contributed by atoms with Crippen LogP contribution in [0.4, 0.5) is 0 Å². The number of phenols is 1. The molecule has 30 heavy (non-hydrogen) atoms. The number of rotatable bonds is 5. The van der Waals surface area contributed by atoms with Crippen LogP contribution in [0.15, 0.2) is 83.6 Å². The highest BCUT2D eigenvalue weighted by molar-refractivity contribution is 5.59. The van der Waals surface area contributed by atoms with Crippen LogP contribution < -0.4 is 0 Å². The summed E-state index contributed by atoms with van der Waals surface area (Å²) in [5, 5.41) is 20.4. The Kier molecular flexibility index (Phi) is 4.44. The molecule has 5 aromatic rings. The van der Waals surface area contributed by atoms with E-state index in [1.54, 1.807) is 29.0 Å². The molecule has 3 aromatic heterocycles. The first-order chi connectivity index (χ1) is 14.7. The molecule has 0 aliphatic carbocycles. The van der Waals surface area contributed by atoms with E-state index in [4.69, 9.17) is 14.4 Å². The minimum atomic E-state index is 0.0718. The Morgan fingerprint density at radius 2 is 1.50 bits per heavy atom. The number of fused-ring (bicyclic) bond motifs is 1. The number of phenolic OH excluding ortho intramolecular Hbond substituents is 1. The molecule has 0 spiro atoms. The first-order valence-corrected chi connectivity index (χ1v) is 9.63. The van der Waals surface area contributed by atoms with Crippen LogP contribution in [0.3, 0.4) is 0 Å². The van der Waals surface area contributed by atoms with Crippen molar-refractivity contribution in [3.63, 3.8) is 0 Å². The minimum absolute atomic E-state index is 0.0718. The summed E-state index contributed by atoms with van der Waals surface area (Å²) >= 11 is 0. The van der Waals surface area contributed by atoms with Crippen molar-refractivity contribution in [2.24, 2.45) is 0 Å². The van der Waals surface area contributed by atoms with Crippen LogP contribution in [0, 0.1) is 0 Å². The molecule has 0 saturated carbocycles. The molecule has 0 radical (unpaired) electrons. The molecule has 6 nitrogen and oxygen atoms in total. The number of aromatic hydroxyl groups is 2. The third kappa shape index (κ3) is 3.39. The normalized spacial score (nSPS) is 11.2. The van der Waals surface area contributed by atoms with Crippen molar-refractivity contribution in [3.8, 4) is 23.1 Å². The van der Waals surface area contributed by atoms with Crippen molar-refractivity contribution in [1.29, 1.82) is 0 Å². The molecule has 0 aliphatic rings. The average Bonchev–Trinajstić information content (AvgIpc) is 3.40. The summed E-state index contributed by atoms with van der Waals surface area (Å²) in [6.45, 7) is 0. The van der Waals surface area contributed by atoms with Crippen molar-refractivity contribution >= 4 is 5.65 Å². The predicted molar refractivity (Wildman–Crippen MR) is 113 cm³/mol. The number of benzene rings is 2. The summed E-state index contributed by atoms with van der Waals surface area (Å²) in [7, 11) is 0. The van der Waals surface area contributed by atoms with Gasteiger partial charge in [-0.2, -0.15) is 0 Å². The zero-order chi connectivity index (χ0) is 20.5. The van der Waals surface area contributed by atoms with Gasteiger partial charge in [-0.3, -0.25) is 4.40 Å². The van der Waals surface area contributed by atoms with E-state index in [2.05, 4.69) is 0 Å². The lowest BCUT2D eigenvalue weighted by Crippen LogP contribution is -2.00. The van der Waals surface area contributed by atoms with Crippen LogP contribution in [0.25, 0.3) is 17.1 Å². The van der Waals surface area contributed by atoms with Gasteiger partial charge >= 0.3 is 0 Å². The predicted octanol–water partition coefficient (Wildman–Crippen LogP) is 4.58. The van der Waals surface area contributed by atoms with E-state index >= 15 is 0 Å². The lowest BCUT2D eigenvalue weighted by atomic mass is 10.1. The fourth-order valence-electron chi connectivity index (χ4n) is 3.52. The van der Waals surface area contributed by atoms with Gasteiger partial charge in [0.15, 0.2) is 11.4 Å². The van der Waals surface area contributed by atoms with E-state index in [0.717, 1.165) is 16.8 Å². The summed E-state index contributed by atoms with van der Waals surface area (Å²) in [5.41, 5.74) is 4.58. The number of imidazole rings is 1. The smallest absolute Gasteiger partial charge is 0.219 e. The lowest BCUT2D eigenvalue weighted by molar-refractivity contribution is 0.442. The second kappa shape index (κ2) is 7.40. The van der Waals surface area contributed by atoms with E-state index in [-0.39, 0.29) is 11.6 Å². The van der Waals surface area contributed by atoms with Crippen molar-refractivity contribution < 1.29 is 14.6 Å². The first kappa shape index (κ1) is 18.0. The number of nitrogens with zero attached hydrogens (tertiary/aromatic N) is 3. The topological polar surface area (TPSA) is 83.8 Å². The van der Waals surface area contributed by atoms with Crippen LogP contribution in [0.1, 0.15) is 22.5 Å². The number of hydrogen-bond donors (Lipinski definition) is 2. The second-order valence-corrected chi connectivity index (χ2v) is 7.13. The summed E-state index contributed by atoms with van der Waals surface area (Å²) < 4.78 is 7.19. The molecule has 0 aliphatic heterocycles. The molecule has 148 valence electrons. The Labute approximate surface area is 172 Å². The molecular weight excluding hydrogens is 378 g/mol. The molecule has 0 atom stereocenters. The molecule has 0 saturated heterocycles. The molecule has 2 aromatic carbocycles. The SMILES string of the molecule is Oc1ccc(Cc2nc3c(Cc4ccccc4)nc(-c4ccco4)cn3c2O)cc1. The fourth-order valence-corrected chi connectivity index (χ4v) is 3.52. The molecule has 0 amide bonds. The third-order valence-electron chi connectivity index (χ3n) is 5.02. The van der Waals surface area contributed by atoms with Crippen molar-refractivity contribution in [3.05, 3.63) is 102 Å². The number of aromatic nitrogens is 3. The van der Waals surface area contributed by atoms with Gasteiger partial charge in [-0.1, -0.05) is 42.5 Å². The Morgan fingerprint density at radius 3 is 2.23 bits per heavy atom. The van der Waals surface area contributed by atoms with Gasteiger partial charge < -0.3 is 14.6 Å². The minimum Gasteiger partial charge on any atom is -0.508 e. The maximum absolute atomic E-state index is 10.9. The van der Waals surface area contributed by atoms with Gasteiger partial charge in [0, 0.05) is 19.0 Å².